The lowest BCUT2D eigenvalue weighted by molar-refractivity contribution is -0.384. The van der Waals surface area contributed by atoms with Gasteiger partial charge in [0.05, 0.1) is 9.93 Å². The summed E-state index contributed by atoms with van der Waals surface area (Å²) in [6, 6.07) is 1.69. The lowest BCUT2D eigenvalue weighted by atomic mass is 10.2. The minimum Gasteiger partial charge on any atom is -0.348 e. The maximum Gasteiger partial charge on any atom is 0.311 e. The Morgan fingerprint density at radius 1 is 1.43 bits per heavy atom. The maximum atomic E-state index is 11.3. The molecule has 0 spiro atoms. The summed E-state index contributed by atoms with van der Waals surface area (Å²) in [7, 11) is 0. The van der Waals surface area contributed by atoms with Gasteiger partial charge in [-0.1, -0.05) is 0 Å². The number of aryl methyl sites for hydroxylation is 1. The van der Waals surface area contributed by atoms with E-state index in [4.69, 9.17) is 0 Å². The number of hydrogen-bond donors (Lipinski definition) is 0. The SMILES string of the molecule is Cc1cnc(N(CCc2nccs2)C(C)C)c([N+](=O)[O-])c1. The van der Waals surface area contributed by atoms with Crippen LogP contribution in [0.4, 0.5) is 11.5 Å². The average molecular weight is 306 g/mol. The molecule has 0 N–H and O–H groups in total. The van der Waals surface area contributed by atoms with Crippen molar-refractivity contribution in [2.24, 2.45) is 0 Å². The van der Waals surface area contributed by atoms with Gasteiger partial charge >= 0.3 is 5.69 Å². The second-order valence-corrected chi connectivity index (χ2v) is 6.05. The van der Waals surface area contributed by atoms with Crippen molar-refractivity contribution < 1.29 is 4.92 Å². The van der Waals surface area contributed by atoms with Crippen LogP contribution in [-0.2, 0) is 6.42 Å². The first-order chi connectivity index (χ1) is 9.99. The van der Waals surface area contributed by atoms with E-state index in [1.54, 1.807) is 36.7 Å². The first-order valence-electron chi connectivity index (χ1n) is 6.75. The predicted molar refractivity (Wildman–Crippen MR) is 83.9 cm³/mol. The van der Waals surface area contributed by atoms with Crippen LogP contribution in [0, 0.1) is 17.0 Å². The number of aromatic nitrogens is 2. The van der Waals surface area contributed by atoms with Gasteiger partial charge in [0.2, 0.25) is 5.82 Å². The molecule has 0 atom stereocenters. The van der Waals surface area contributed by atoms with Gasteiger partial charge in [-0.2, -0.15) is 0 Å². The highest BCUT2D eigenvalue weighted by Gasteiger charge is 2.23. The monoisotopic (exact) mass is 306 g/mol. The van der Waals surface area contributed by atoms with Crippen LogP contribution in [0.2, 0.25) is 0 Å². The van der Waals surface area contributed by atoms with Crippen molar-refractivity contribution in [3.8, 4) is 0 Å². The molecule has 2 heterocycles. The molecule has 0 bridgehead atoms. The Bertz CT molecular complexity index is 613. The van der Waals surface area contributed by atoms with E-state index in [1.165, 1.54) is 0 Å². The summed E-state index contributed by atoms with van der Waals surface area (Å²) in [6.07, 6.45) is 4.19. The van der Waals surface area contributed by atoms with Crippen LogP contribution >= 0.6 is 11.3 Å². The number of nitrogens with zero attached hydrogens (tertiary/aromatic N) is 4. The predicted octanol–water partition coefficient (Wildman–Crippen LogP) is 3.21. The summed E-state index contributed by atoms with van der Waals surface area (Å²) >= 11 is 1.59. The van der Waals surface area contributed by atoms with Crippen molar-refractivity contribution in [2.45, 2.75) is 33.2 Å². The topological polar surface area (TPSA) is 72.2 Å². The molecule has 0 aliphatic carbocycles. The molecule has 2 aromatic heterocycles. The fraction of sp³-hybridized carbons (Fsp3) is 0.429. The van der Waals surface area contributed by atoms with Crippen LogP contribution in [0.15, 0.2) is 23.8 Å². The van der Waals surface area contributed by atoms with Gasteiger partial charge in [-0.15, -0.1) is 11.3 Å². The van der Waals surface area contributed by atoms with E-state index in [9.17, 15) is 10.1 Å². The first kappa shape index (κ1) is 15.4. The van der Waals surface area contributed by atoms with Gasteiger partial charge in [-0.25, -0.2) is 9.97 Å². The molecule has 0 aliphatic heterocycles. The molecule has 0 radical (unpaired) electrons. The molecule has 0 saturated carbocycles. The summed E-state index contributed by atoms with van der Waals surface area (Å²) < 4.78 is 0. The Balaban J connectivity index is 2.27. The Labute approximate surface area is 127 Å². The Hall–Kier alpha value is -2.02. The zero-order valence-electron chi connectivity index (χ0n) is 12.3. The highest BCUT2D eigenvalue weighted by molar-refractivity contribution is 7.09. The molecule has 0 aromatic carbocycles. The average Bonchev–Trinajstić information content (AvgIpc) is 2.93. The molecular weight excluding hydrogens is 288 g/mol. The first-order valence-corrected chi connectivity index (χ1v) is 7.63. The quantitative estimate of drug-likeness (QED) is 0.605. The summed E-state index contributed by atoms with van der Waals surface area (Å²) in [4.78, 5) is 21.4. The Morgan fingerprint density at radius 2 is 2.19 bits per heavy atom. The standard InChI is InChI=1S/C14H18N4O2S/c1-10(2)17(6-4-13-15-5-7-21-13)14-12(18(19)20)8-11(3)9-16-14/h5,7-10H,4,6H2,1-3H3. The summed E-state index contributed by atoms with van der Waals surface area (Å²) in [5.41, 5.74) is 0.844. The van der Waals surface area contributed by atoms with Gasteiger partial charge in [-0.3, -0.25) is 10.1 Å². The van der Waals surface area contributed by atoms with Gasteiger partial charge in [0.25, 0.3) is 0 Å². The van der Waals surface area contributed by atoms with Crippen LogP contribution in [0.3, 0.4) is 0 Å². The van der Waals surface area contributed by atoms with E-state index in [2.05, 4.69) is 9.97 Å². The molecule has 0 amide bonds. The Kier molecular flexibility index (Phi) is 4.85. The molecule has 0 aliphatic rings. The van der Waals surface area contributed by atoms with Gasteiger partial charge < -0.3 is 4.90 Å². The number of pyridine rings is 1. The van der Waals surface area contributed by atoms with E-state index in [-0.39, 0.29) is 16.7 Å². The van der Waals surface area contributed by atoms with Crippen molar-refractivity contribution in [1.82, 2.24) is 9.97 Å². The van der Waals surface area contributed by atoms with Crippen LogP contribution in [0.25, 0.3) is 0 Å². The molecule has 0 fully saturated rings. The van der Waals surface area contributed by atoms with E-state index >= 15 is 0 Å². The summed E-state index contributed by atoms with van der Waals surface area (Å²) in [5.74, 6) is 0.428. The second kappa shape index (κ2) is 6.62. The van der Waals surface area contributed by atoms with Gasteiger partial charge in [0, 0.05) is 42.8 Å². The number of rotatable bonds is 6. The van der Waals surface area contributed by atoms with Crippen molar-refractivity contribution in [3.63, 3.8) is 0 Å². The van der Waals surface area contributed by atoms with Crippen LogP contribution in [0.5, 0.6) is 0 Å². The largest absolute Gasteiger partial charge is 0.348 e. The van der Waals surface area contributed by atoms with E-state index in [0.717, 1.165) is 17.0 Å². The van der Waals surface area contributed by atoms with Crippen LogP contribution in [-0.4, -0.2) is 27.5 Å². The third-order valence-electron chi connectivity index (χ3n) is 3.13. The van der Waals surface area contributed by atoms with E-state index in [0.29, 0.717) is 12.4 Å². The molecule has 112 valence electrons. The van der Waals surface area contributed by atoms with E-state index < -0.39 is 0 Å². The van der Waals surface area contributed by atoms with Crippen molar-refractivity contribution >= 4 is 22.8 Å². The zero-order valence-corrected chi connectivity index (χ0v) is 13.1. The summed E-state index contributed by atoms with van der Waals surface area (Å²) in [5, 5.41) is 14.2. The molecule has 21 heavy (non-hydrogen) atoms. The third-order valence-corrected chi connectivity index (χ3v) is 3.97. The van der Waals surface area contributed by atoms with Crippen LogP contribution in [0.1, 0.15) is 24.4 Å². The van der Waals surface area contributed by atoms with Crippen molar-refractivity contribution in [2.75, 3.05) is 11.4 Å². The molecule has 7 heteroatoms. The number of nitro groups is 1. The number of hydrogen-bond acceptors (Lipinski definition) is 6. The summed E-state index contributed by atoms with van der Waals surface area (Å²) in [6.45, 7) is 6.47. The van der Waals surface area contributed by atoms with Crippen LogP contribution < -0.4 is 4.90 Å². The molecular formula is C14H18N4O2S. The second-order valence-electron chi connectivity index (χ2n) is 5.08. The molecule has 0 unspecified atom stereocenters. The van der Waals surface area contributed by atoms with Crippen molar-refractivity contribution in [3.05, 3.63) is 44.5 Å². The fourth-order valence-electron chi connectivity index (χ4n) is 2.10. The molecule has 2 rings (SSSR count). The lowest BCUT2D eigenvalue weighted by Crippen LogP contribution is -2.34. The molecule has 2 aromatic rings. The van der Waals surface area contributed by atoms with Gasteiger partial charge in [-0.05, 0) is 26.3 Å². The highest BCUT2D eigenvalue weighted by atomic mass is 32.1. The third kappa shape index (κ3) is 3.75. The zero-order chi connectivity index (χ0) is 15.4. The van der Waals surface area contributed by atoms with Crippen molar-refractivity contribution in [1.29, 1.82) is 0 Å². The minimum atomic E-state index is -0.367. The smallest absolute Gasteiger partial charge is 0.311 e. The maximum absolute atomic E-state index is 11.3. The number of thiazole rings is 1. The molecule has 0 saturated heterocycles. The van der Waals surface area contributed by atoms with Gasteiger partial charge in [0.1, 0.15) is 0 Å². The minimum absolute atomic E-state index is 0.0582. The Morgan fingerprint density at radius 3 is 2.76 bits per heavy atom. The normalized spacial score (nSPS) is 10.9. The van der Waals surface area contributed by atoms with E-state index in [1.807, 2.05) is 24.1 Å². The van der Waals surface area contributed by atoms with Gasteiger partial charge in [0.15, 0.2) is 0 Å². The fourth-order valence-corrected chi connectivity index (χ4v) is 2.71. The molecule has 6 nitrogen and oxygen atoms in total. The number of anilines is 1. The lowest BCUT2D eigenvalue weighted by Gasteiger charge is -2.27. The highest BCUT2D eigenvalue weighted by Crippen LogP contribution is 2.28.